The number of carbonyl (C=O) groups excluding carboxylic acids is 1. The fourth-order valence-corrected chi connectivity index (χ4v) is 0.673. The third-order valence-electron chi connectivity index (χ3n) is 1.18. The lowest BCUT2D eigenvalue weighted by molar-refractivity contribution is 0.101. The minimum Gasteiger partial charge on any atom is -0.322 e. The topological polar surface area (TPSA) is 26.3 Å². The Hall–Kier alpha value is -0.800. The number of carbonyl (C=O) groups is 1. The van der Waals surface area contributed by atoms with Crippen LogP contribution in [0.15, 0.2) is 30.3 Å². The molecule has 1 rings (SSSR count). The zero-order valence-electron chi connectivity index (χ0n) is 7.15. The van der Waals surface area contributed by atoms with Crippen LogP contribution in [0.3, 0.4) is 0 Å². The predicted molar refractivity (Wildman–Crippen MR) is 52.4 cm³/mol. The smallest absolute Gasteiger partial charge is 0.159 e. The molecule has 0 saturated heterocycles. The lowest BCUT2D eigenvalue weighted by Crippen LogP contribution is -1.88. The molecule has 0 spiro atoms. The molecule has 0 aromatic heterocycles. The van der Waals surface area contributed by atoms with Crippen molar-refractivity contribution in [3.63, 3.8) is 0 Å². The Kier molecular flexibility index (Phi) is 6.42. The average Bonchev–Trinajstić information content (AvgIpc) is 2.07. The van der Waals surface area contributed by atoms with Gasteiger partial charge in [-0.25, -0.2) is 0 Å². The largest absolute Gasteiger partial charge is 0.322 e. The highest BCUT2D eigenvalue weighted by molar-refractivity contribution is 7.75. The molecule has 0 fully saturated rings. The highest BCUT2D eigenvalue weighted by atomic mass is 32.1. The van der Waals surface area contributed by atoms with Gasteiger partial charge in [-0.15, -0.1) is 0 Å². The molecule has 1 aromatic rings. The van der Waals surface area contributed by atoms with Gasteiger partial charge in [0.15, 0.2) is 5.78 Å². The number of ketones is 1. The summed E-state index contributed by atoms with van der Waals surface area (Å²) in [7, 11) is 1.49. The van der Waals surface area contributed by atoms with E-state index < -0.39 is 0 Å². The molecular weight excluding hydrogens is 172 g/mol. The highest BCUT2D eigenvalue weighted by Gasteiger charge is 1.92. The fourth-order valence-electron chi connectivity index (χ4n) is 0.673. The van der Waals surface area contributed by atoms with Crippen LogP contribution >= 0.6 is 12.9 Å². The van der Waals surface area contributed by atoms with E-state index in [0.717, 1.165) is 5.56 Å². The van der Waals surface area contributed by atoms with Crippen LogP contribution in [0, 0.1) is 0 Å². The first-order chi connectivity index (χ1) is 5.72. The van der Waals surface area contributed by atoms with Crippen LogP contribution in [0.1, 0.15) is 17.3 Å². The Bertz CT molecular complexity index is 221. The highest BCUT2D eigenvalue weighted by Crippen LogP contribution is 1.97. The van der Waals surface area contributed by atoms with Crippen LogP contribution in [0.25, 0.3) is 0 Å². The van der Waals surface area contributed by atoms with Crippen LogP contribution in [-0.2, 0) is 4.18 Å². The van der Waals surface area contributed by atoms with Crippen molar-refractivity contribution in [3.05, 3.63) is 35.9 Å². The number of Topliss-reactive ketones (excluding diaryl/α,β-unsaturated/α-hetero) is 1. The van der Waals surface area contributed by atoms with Crippen molar-refractivity contribution in [2.75, 3.05) is 7.11 Å². The van der Waals surface area contributed by atoms with Gasteiger partial charge in [0.25, 0.3) is 0 Å². The molecule has 0 aliphatic heterocycles. The summed E-state index contributed by atoms with van der Waals surface area (Å²) in [5, 5.41) is 0. The fraction of sp³-hybridized carbons (Fsp3) is 0.222. The molecule has 0 aliphatic rings. The number of thiol groups is 1. The van der Waals surface area contributed by atoms with E-state index in [1.807, 2.05) is 30.3 Å². The summed E-state index contributed by atoms with van der Waals surface area (Å²) in [4.78, 5) is 10.6. The molecule has 0 N–H and O–H groups in total. The molecule has 2 nitrogen and oxygen atoms in total. The Morgan fingerprint density at radius 3 is 2.00 bits per heavy atom. The maximum absolute atomic E-state index is 10.6. The van der Waals surface area contributed by atoms with Gasteiger partial charge in [-0.2, -0.15) is 0 Å². The first-order valence-corrected chi connectivity index (χ1v) is 3.82. The van der Waals surface area contributed by atoms with E-state index in [9.17, 15) is 4.79 Å². The van der Waals surface area contributed by atoms with Gasteiger partial charge in [0, 0.05) is 12.7 Å². The first kappa shape index (κ1) is 11.2. The first-order valence-electron chi connectivity index (χ1n) is 3.46. The maximum atomic E-state index is 10.6. The van der Waals surface area contributed by atoms with Gasteiger partial charge < -0.3 is 4.18 Å². The van der Waals surface area contributed by atoms with Gasteiger partial charge in [0.2, 0.25) is 0 Å². The van der Waals surface area contributed by atoms with E-state index in [1.54, 1.807) is 6.92 Å². The molecule has 0 atom stereocenters. The van der Waals surface area contributed by atoms with Crippen molar-refractivity contribution in [1.29, 1.82) is 0 Å². The van der Waals surface area contributed by atoms with Crippen molar-refractivity contribution in [2.45, 2.75) is 6.92 Å². The van der Waals surface area contributed by atoms with E-state index >= 15 is 0 Å². The van der Waals surface area contributed by atoms with Crippen LogP contribution in [0.5, 0.6) is 0 Å². The molecule has 0 heterocycles. The number of benzene rings is 1. The van der Waals surface area contributed by atoms with Crippen molar-refractivity contribution in [1.82, 2.24) is 0 Å². The quantitative estimate of drug-likeness (QED) is 0.412. The Balaban J connectivity index is 0.000000354. The second-order valence-electron chi connectivity index (χ2n) is 2.10. The Morgan fingerprint density at radius 1 is 1.33 bits per heavy atom. The van der Waals surface area contributed by atoms with Crippen LogP contribution in [-0.4, -0.2) is 12.9 Å². The van der Waals surface area contributed by atoms with E-state index in [4.69, 9.17) is 0 Å². The summed E-state index contributed by atoms with van der Waals surface area (Å²) in [6.07, 6.45) is 0. The molecule has 3 heteroatoms. The molecule has 12 heavy (non-hydrogen) atoms. The average molecular weight is 184 g/mol. The second kappa shape index (κ2) is 6.88. The van der Waals surface area contributed by atoms with Gasteiger partial charge >= 0.3 is 0 Å². The minimum absolute atomic E-state index is 0.121. The van der Waals surface area contributed by atoms with Crippen LogP contribution in [0.2, 0.25) is 0 Å². The zero-order chi connectivity index (χ0) is 9.40. The summed E-state index contributed by atoms with van der Waals surface area (Å²) in [6.45, 7) is 1.56. The zero-order valence-corrected chi connectivity index (χ0v) is 8.04. The summed E-state index contributed by atoms with van der Waals surface area (Å²) in [5.41, 5.74) is 0.775. The summed E-state index contributed by atoms with van der Waals surface area (Å²) in [5.74, 6) is 0.121. The lowest BCUT2D eigenvalue weighted by atomic mass is 10.2. The monoisotopic (exact) mass is 184 g/mol. The molecule has 0 radical (unpaired) electrons. The Morgan fingerprint density at radius 2 is 1.75 bits per heavy atom. The second-order valence-corrected chi connectivity index (χ2v) is 2.47. The van der Waals surface area contributed by atoms with Crippen molar-refractivity contribution in [3.8, 4) is 0 Å². The van der Waals surface area contributed by atoms with Crippen molar-refractivity contribution in [2.24, 2.45) is 0 Å². The molecule has 66 valence electrons. The molecule has 0 amide bonds. The van der Waals surface area contributed by atoms with Gasteiger partial charge in [-0.1, -0.05) is 30.3 Å². The summed E-state index contributed by atoms with van der Waals surface area (Å²) in [6, 6.07) is 9.23. The van der Waals surface area contributed by atoms with Crippen LogP contribution in [0.4, 0.5) is 0 Å². The summed E-state index contributed by atoms with van der Waals surface area (Å²) >= 11 is 3.29. The van der Waals surface area contributed by atoms with Gasteiger partial charge in [-0.3, -0.25) is 4.79 Å². The van der Waals surface area contributed by atoms with Crippen molar-refractivity contribution >= 4 is 18.7 Å². The third kappa shape index (κ3) is 4.93. The maximum Gasteiger partial charge on any atom is 0.159 e. The normalized spacial score (nSPS) is 8.25. The van der Waals surface area contributed by atoms with Gasteiger partial charge in [0.05, 0.1) is 0 Å². The number of hydrogen-bond acceptors (Lipinski definition) is 3. The van der Waals surface area contributed by atoms with E-state index in [1.165, 1.54) is 7.11 Å². The van der Waals surface area contributed by atoms with Crippen molar-refractivity contribution < 1.29 is 8.98 Å². The molecule has 0 bridgehead atoms. The third-order valence-corrected chi connectivity index (χ3v) is 1.18. The number of hydrogen-bond donors (Lipinski definition) is 1. The standard InChI is InChI=1S/C8H8O.CH4OS/c1-7(9)8-5-3-2-4-6-8;1-2-3/h2-6H,1H3;3H,1H3. The molecular formula is C9H12O2S. The summed E-state index contributed by atoms with van der Waals surface area (Å²) < 4.78 is 3.94. The Labute approximate surface area is 78.2 Å². The van der Waals surface area contributed by atoms with Gasteiger partial charge in [0.1, 0.15) is 0 Å². The lowest BCUT2D eigenvalue weighted by Gasteiger charge is -1.89. The minimum atomic E-state index is 0.121. The molecule has 0 aliphatic carbocycles. The van der Waals surface area contributed by atoms with E-state index in [2.05, 4.69) is 17.1 Å². The van der Waals surface area contributed by atoms with E-state index in [0.29, 0.717) is 0 Å². The molecule has 1 aromatic carbocycles. The molecule has 0 unspecified atom stereocenters. The predicted octanol–water partition coefficient (Wildman–Crippen LogP) is 2.37. The van der Waals surface area contributed by atoms with Gasteiger partial charge in [-0.05, 0) is 19.8 Å². The SMILES string of the molecule is CC(=O)c1ccccc1.COS. The number of rotatable bonds is 1. The molecule has 0 saturated carbocycles. The van der Waals surface area contributed by atoms with Crippen LogP contribution < -0.4 is 0 Å². The van der Waals surface area contributed by atoms with E-state index in [-0.39, 0.29) is 5.78 Å².